The van der Waals surface area contributed by atoms with Gasteiger partial charge in [-0.2, -0.15) is 10.5 Å². The molecule has 4 heteroatoms. The smallest absolute Gasteiger partial charge is 0.101 e. The molecule has 0 amide bonds. The van der Waals surface area contributed by atoms with Gasteiger partial charge in [-0.05, 0) is 71.7 Å². The van der Waals surface area contributed by atoms with E-state index in [4.69, 9.17) is 0 Å². The summed E-state index contributed by atoms with van der Waals surface area (Å²) in [5, 5.41) is 25.1. The molecule has 4 nitrogen and oxygen atoms in total. The Labute approximate surface area is 283 Å². The molecule has 0 spiro atoms. The van der Waals surface area contributed by atoms with Crippen molar-refractivity contribution < 1.29 is 0 Å². The maximum absolute atomic E-state index is 10.5. The molecule has 0 N–H and O–H groups in total. The van der Waals surface area contributed by atoms with Crippen LogP contribution in [0.2, 0.25) is 0 Å². The Morgan fingerprint density at radius 2 is 1.14 bits per heavy atom. The third kappa shape index (κ3) is 4.43. The third-order valence-corrected chi connectivity index (χ3v) is 9.70. The topological polar surface area (TPSA) is 57.4 Å². The Bertz CT molecular complexity index is 2770. The highest BCUT2D eigenvalue weighted by molar-refractivity contribution is 6.11. The Balaban J connectivity index is 1.17. The summed E-state index contributed by atoms with van der Waals surface area (Å²) in [4.78, 5) is 0. The van der Waals surface area contributed by atoms with E-state index in [0.717, 1.165) is 66.5 Å². The number of hydrogen-bond acceptors (Lipinski definition) is 2. The van der Waals surface area contributed by atoms with Gasteiger partial charge in [-0.3, -0.25) is 0 Å². The summed E-state index contributed by atoms with van der Waals surface area (Å²) in [6.45, 7) is 0. The molecule has 9 rings (SSSR count). The molecule has 49 heavy (non-hydrogen) atoms. The fourth-order valence-electron chi connectivity index (χ4n) is 7.55. The Kier molecular flexibility index (Phi) is 6.61. The fourth-order valence-corrected chi connectivity index (χ4v) is 7.55. The van der Waals surface area contributed by atoms with Crippen LogP contribution in [0.25, 0.3) is 66.1 Å². The first-order valence-electron chi connectivity index (χ1n) is 16.4. The predicted molar refractivity (Wildman–Crippen MR) is 201 cm³/mol. The maximum atomic E-state index is 10.5. The van der Waals surface area contributed by atoms with E-state index in [0.29, 0.717) is 17.6 Å². The van der Waals surface area contributed by atoms with Crippen molar-refractivity contribution in [3.05, 3.63) is 180 Å². The molecular formula is C45H28N4. The lowest BCUT2D eigenvalue weighted by molar-refractivity contribution is 1.16. The van der Waals surface area contributed by atoms with E-state index in [2.05, 4.69) is 149 Å². The van der Waals surface area contributed by atoms with Crippen LogP contribution in [0, 0.1) is 22.7 Å². The first-order chi connectivity index (χ1) is 24.2. The molecular weight excluding hydrogens is 597 g/mol. The molecule has 0 saturated carbocycles. The van der Waals surface area contributed by atoms with Crippen LogP contribution in [0.4, 0.5) is 0 Å². The number of nitriles is 2. The maximum Gasteiger partial charge on any atom is 0.101 e. The third-order valence-electron chi connectivity index (χ3n) is 9.70. The second-order valence-corrected chi connectivity index (χ2v) is 12.3. The van der Waals surface area contributed by atoms with E-state index >= 15 is 0 Å². The molecule has 6 aromatic carbocycles. The molecule has 0 atom stereocenters. The number of para-hydroxylation sites is 5. The summed E-state index contributed by atoms with van der Waals surface area (Å²) in [5.74, 6) is 0. The van der Waals surface area contributed by atoms with E-state index in [1.54, 1.807) is 0 Å². The largest absolute Gasteiger partial charge is 0.309 e. The monoisotopic (exact) mass is 624 g/mol. The minimum atomic E-state index is 0.595. The number of aromatic nitrogens is 2. The lowest BCUT2D eigenvalue weighted by Gasteiger charge is -2.16. The van der Waals surface area contributed by atoms with Gasteiger partial charge in [-0.25, -0.2) is 0 Å². The zero-order valence-electron chi connectivity index (χ0n) is 26.5. The number of nitrogens with zero attached hydrogens (tertiary/aromatic N) is 4. The minimum absolute atomic E-state index is 0.595. The molecule has 1 aliphatic rings. The fraction of sp³-hybridized carbons (Fsp3) is 0.0222. The average molecular weight is 625 g/mol. The van der Waals surface area contributed by atoms with Gasteiger partial charge >= 0.3 is 0 Å². The molecule has 8 aromatic rings. The quantitative estimate of drug-likeness (QED) is 0.196. The van der Waals surface area contributed by atoms with Gasteiger partial charge in [-0.15, -0.1) is 0 Å². The average Bonchev–Trinajstić information content (AvgIpc) is 3.58. The normalized spacial score (nSPS) is 13.1. The molecule has 0 saturated heterocycles. The van der Waals surface area contributed by atoms with Crippen molar-refractivity contribution in [3.8, 4) is 23.5 Å². The van der Waals surface area contributed by atoms with Crippen LogP contribution >= 0.6 is 0 Å². The number of fused-ring (bicyclic) bond motifs is 6. The number of rotatable bonds is 4. The van der Waals surface area contributed by atoms with Crippen molar-refractivity contribution in [1.29, 1.82) is 10.5 Å². The number of benzene rings is 6. The van der Waals surface area contributed by atoms with E-state index in [9.17, 15) is 10.5 Å². The zero-order chi connectivity index (χ0) is 32.9. The highest BCUT2D eigenvalue weighted by Crippen LogP contribution is 2.39. The van der Waals surface area contributed by atoms with Gasteiger partial charge in [0.1, 0.15) is 6.07 Å². The summed E-state index contributed by atoms with van der Waals surface area (Å²) < 4.78 is 4.52. The van der Waals surface area contributed by atoms with Crippen molar-refractivity contribution in [3.63, 3.8) is 0 Å². The summed E-state index contributed by atoms with van der Waals surface area (Å²) in [7, 11) is 0. The molecule has 2 heterocycles. The highest BCUT2D eigenvalue weighted by Gasteiger charge is 2.20. The van der Waals surface area contributed by atoms with Crippen molar-refractivity contribution in [2.75, 3.05) is 0 Å². The van der Waals surface area contributed by atoms with Gasteiger partial charge in [0.25, 0.3) is 0 Å². The van der Waals surface area contributed by atoms with E-state index in [-0.39, 0.29) is 0 Å². The standard InChI is InChI=1S/C45H28N4/c46-28-32-24-23-30(31-11-9-13-34(27-31)48-41-19-5-4-17-39(41)40-18-10-12-33(29-47)45(40)48)25-26-35(32)36-14-1-6-20-42(36)49-43-21-7-2-15-37(43)38-16-3-8-22-44(38)49/h1-25,27H,26H2. The van der Waals surface area contributed by atoms with Crippen molar-refractivity contribution in [2.45, 2.75) is 6.42 Å². The Morgan fingerprint density at radius 3 is 1.86 bits per heavy atom. The summed E-state index contributed by atoms with van der Waals surface area (Å²) in [5.41, 5.74) is 11.7. The zero-order valence-corrected chi connectivity index (χ0v) is 26.5. The molecule has 0 aliphatic heterocycles. The summed E-state index contributed by atoms with van der Waals surface area (Å²) in [6.07, 6.45) is 6.83. The van der Waals surface area contributed by atoms with E-state index in [1.807, 2.05) is 30.3 Å². The van der Waals surface area contributed by atoms with E-state index < -0.39 is 0 Å². The van der Waals surface area contributed by atoms with Gasteiger partial charge in [0.2, 0.25) is 0 Å². The first-order valence-corrected chi connectivity index (χ1v) is 16.4. The van der Waals surface area contributed by atoms with Crippen molar-refractivity contribution in [2.24, 2.45) is 0 Å². The lowest BCUT2D eigenvalue weighted by Crippen LogP contribution is -2.00. The van der Waals surface area contributed by atoms with Crippen LogP contribution in [-0.2, 0) is 0 Å². The van der Waals surface area contributed by atoms with Crippen LogP contribution in [0.5, 0.6) is 0 Å². The van der Waals surface area contributed by atoms with Crippen LogP contribution in [0.3, 0.4) is 0 Å². The number of allylic oxidation sites excluding steroid dienone is 6. The van der Waals surface area contributed by atoms with Gasteiger partial charge < -0.3 is 9.13 Å². The molecule has 0 fully saturated rings. The first kappa shape index (κ1) is 28.4. The molecule has 0 radical (unpaired) electrons. The summed E-state index contributed by atoms with van der Waals surface area (Å²) in [6, 6.07) is 53.0. The second-order valence-electron chi connectivity index (χ2n) is 12.3. The van der Waals surface area contributed by atoms with Crippen molar-refractivity contribution in [1.82, 2.24) is 9.13 Å². The van der Waals surface area contributed by atoms with Gasteiger partial charge in [-0.1, -0.05) is 109 Å². The van der Waals surface area contributed by atoms with E-state index in [1.165, 1.54) is 10.8 Å². The van der Waals surface area contributed by atoms with Gasteiger partial charge in [0, 0.05) is 32.8 Å². The molecule has 0 bridgehead atoms. The molecule has 2 aromatic heterocycles. The van der Waals surface area contributed by atoms with Crippen LogP contribution in [0.15, 0.2) is 163 Å². The predicted octanol–water partition coefficient (Wildman–Crippen LogP) is 11.1. The van der Waals surface area contributed by atoms with Crippen LogP contribution < -0.4 is 0 Å². The van der Waals surface area contributed by atoms with Crippen LogP contribution in [-0.4, -0.2) is 9.13 Å². The van der Waals surface area contributed by atoms with Crippen molar-refractivity contribution >= 4 is 54.8 Å². The Hall–Kier alpha value is -6.88. The molecule has 228 valence electrons. The number of hydrogen-bond donors (Lipinski definition) is 0. The van der Waals surface area contributed by atoms with Gasteiger partial charge in [0.15, 0.2) is 0 Å². The lowest BCUT2D eigenvalue weighted by atomic mass is 9.95. The van der Waals surface area contributed by atoms with Crippen LogP contribution in [0.1, 0.15) is 23.1 Å². The summed E-state index contributed by atoms with van der Waals surface area (Å²) >= 11 is 0. The molecule has 1 aliphatic carbocycles. The second kappa shape index (κ2) is 11.4. The Morgan fingerprint density at radius 1 is 0.531 bits per heavy atom. The minimum Gasteiger partial charge on any atom is -0.309 e. The van der Waals surface area contributed by atoms with Gasteiger partial charge in [0.05, 0.1) is 45.0 Å². The highest BCUT2D eigenvalue weighted by atomic mass is 15.0. The SMILES string of the molecule is N#CC1=C(c2ccccc2-n2c3ccccc3c3ccccc32)CC=C(c2cccc(-n3c4ccccc4c4cccc(C#N)c43)c2)C=C1. The molecule has 0 unspecified atom stereocenters.